The van der Waals surface area contributed by atoms with Crippen molar-refractivity contribution >= 4 is 0 Å². The molecule has 0 unspecified atom stereocenters. The van der Waals surface area contributed by atoms with Crippen LogP contribution in [-0.4, -0.2) is 6.04 Å². The molecule has 1 aliphatic carbocycles. The Morgan fingerprint density at radius 3 is 1.56 bits per heavy atom. The molecule has 0 radical (unpaired) electrons. The van der Waals surface area contributed by atoms with Crippen molar-refractivity contribution in [2.24, 2.45) is 5.73 Å². The van der Waals surface area contributed by atoms with Crippen LogP contribution in [0.3, 0.4) is 0 Å². The molecule has 1 nitrogen and oxygen atoms in total. The highest BCUT2D eigenvalue weighted by Crippen LogP contribution is 2.14. The van der Waals surface area contributed by atoms with E-state index in [1.165, 1.54) is 77.0 Å². The molecule has 16 heavy (non-hydrogen) atoms. The van der Waals surface area contributed by atoms with Gasteiger partial charge in [-0.2, -0.15) is 0 Å². The predicted molar refractivity (Wildman–Crippen MR) is 74.7 cm³/mol. The molecule has 1 fully saturated rings. The second kappa shape index (κ2) is 13.0. The predicted octanol–water partition coefficient (Wildman–Crippen LogP) is 5.03. The lowest BCUT2D eigenvalue weighted by molar-refractivity contribution is 0.583. The van der Waals surface area contributed by atoms with Crippen molar-refractivity contribution in [3.05, 3.63) is 0 Å². The van der Waals surface area contributed by atoms with Gasteiger partial charge in [0.1, 0.15) is 0 Å². The normalized spacial score (nSPS) is 17.4. The van der Waals surface area contributed by atoms with E-state index in [0.29, 0.717) is 6.04 Å². The number of nitrogens with two attached hydrogens (primary N) is 1. The fourth-order valence-corrected chi connectivity index (χ4v) is 2.16. The zero-order valence-electron chi connectivity index (χ0n) is 11.6. The Morgan fingerprint density at radius 1 is 0.750 bits per heavy atom. The van der Waals surface area contributed by atoms with Crippen LogP contribution in [0.2, 0.25) is 0 Å². The maximum absolute atomic E-state index is 5.73. The van der Waals surface area contributed by atoms with Gasteiger partial charge in [-0.3, -0.25) is 0 Å². The highest BCUT2D eigenvalue weighted by atomic mass is 14.6. The van der Waals surface area contributed by atoms with Gasteiger partial charge in [0.2, 0.25) is 0 Å². The van der Waals surface area contributed by atoms with Gasteiger partial charge in [0.15, 0.2) is 0 Å². The molecule has 1 rings (SSSR count). The molecule has 0 aromatic rings. The number of rotatable bonds is 5. The lowest BCUT2D eigenvalue weighted by atomic mass is 10.1. The second-order valence-electron chi connectivity index (χ2n) is 5.17. The maximum atomic E-state index is 5.73. The Bertz CT molecular complexity index is 109. The van der Waals surface area contributed by atoms with Crippen LogP contribution in [0.1, 0.15) is 90.9 Å². The molecule has 0 saturated heterocycles. The minimum atomic E-state index is 0.525. The zero-order chi connectivity index (χ0) is 12.1. The Labute approximate surface area is 103 Å². The molecule has 0 aliphatic heterocycles. The third-order valence-corrected chi connectivity index (χ3v) is 3.36. The van der Waals surface area contributed by atoms with Crippen LogP contribution >= 0.6 is 0 Å². The first-order valence-electron chi connectivity index (χ1n) is 7.56. The summed E-state index contributed by atoms with van der Waals surface area (Å²) in [7, 11) is 0. The first-order chi connectivity index (χ1) is 7.81. The minimum Gasteiger partial charge on any atom is -0.328 e. The average molecular weight is 227 g/mol. The molecule has 1 aliphatic rings. The molecule has 0 amide bonds. The molecule has 0 aromatic heterocycles. The van der Waals surface area contributed by atoms with Gasteiger partial charge < -0.3 is 5.73 Å². The average Bonchev–Trinajstić information content (AvgIpc) is 2.53. The first-order valence-corrected chi connectivity index (χ1v) is 7.56. The summed E-state index contributed by atoms with van der Waals surface area (Å²) in [6.07, 6.45) is 16.6. The van der Waals surface area contributed by atoms with Gasteiger partial charge in [0, 0.05) is 6.04 Å². The fraction of sp³-hybridized carbons (Fsp3) is 1.00. The summed E-state index contributed by atoms with van der Waals surface area (Å²) in [5.41, 5.74) is 5.73. The molecule has 0 spiro atoms. The van der Waals surface area contributed by atoms with Gasteiger partial charge >= 0.3 is 0 Å². The topological polar surface area (TPSA) is 26.0 Å². The van der Waals surface area contributed by atoms with Gasteiger partial charge in [-0.15, -0.1) is 0 Å². The van der Waals surface area contributed by atoms with E-state index in [0.717, 1.165) is 0 Å². The quantitative estimate of drug-likeness (QED) is 0.517. The summed E-state index contributed by atoms with van der Waals surface area (Å²) in [5.74, 6) is 0. The molecule has 0 atom stereocenters. The Morgan fingerprint density at radius 2 is 1.19 bits per heavy atom. The van der Waals surface area contributed by atoms with Gasteiger partial charge in [0.05, 0.1) is 0 Å². The molecule has 0 heterocycles. The van der Waals surface area contributed by atoms with Gasteiger partial charge in [0.25, 0.3) is 0 Å². The summed E-state index contributed by atoms with van der Waals surface area (Å²) in [6, 6.07) is 0.525. The number of unbranched alkanes of at least 4 members (excludes halogenated alkanes) is 5. The van der Waals surface area contributed by atoms with Gasteiger partial charge in [-0.25, -0.2) is 0 Å². The van der Waals surface area contributed by atoms with E-state index < -0.39 is 0 Å². The molecule has 98 valence electrons. The van der Waals surface area contributed by atoms with E-state index in [9.17, 15) is 0 Å². The van der Waals surface area contributed by atoms with Crippen LogP contribution in [0.15, 0.2) is 0 Å². The summed E-state index contributed by atoms with van der Waals surface area (Å²) in [6.45, 7) is 4.51. The molecular weight excluding hydrogens is 194 g/mol. The summed E-state index contributed by atoms with van der Waals surface area (Å²) in [5, 5.41) is 0. The van der Waals surface area contributed by atoms with Crippen LogP contribution in [0.5, 0.6) is 0 Å². The Hall–Kier alpha value is -0.0400. The lowest BCUT2D eigenvalue weighted by Gasteiger charge is -2.03. The minimum absolute atomic E-state index is 0.525. The van der Waals surface area contributed by atoms with Crippen LogP contribution in [0.4, 0.5) is 0 Å². The zero-order valence-corrected chi connectivity index (χ0v) is 11.6. The summed E-state index contributed by atoms with van der Waals surface area (Å²) >= 11 is 0. The molecule has 0 aromatic carbocycles. The van der Waals surface area contributed by atoms with Crippen LogP contribution in [-0.2, 0) is 0 Å². The monoisotopic (exact) mass is 227 g/mol. The highest BCUT2D eigenvalue weighted by molar-refractivity contribution is 4.65. The van der Waals surface area contributed by atoms with Gasteiger partial charge in [-0.1, -0.05) is 78.1 Å². The van der Waals surface area contributed by atoms with Crippen LogP contribution in [0, 0.1) is 0 Å². The SMILES string of the molecule is CCCCCCCC.NC1CCCCCC1. The largest absolute Gasteiger partial charge is 0.328 e. The number of hydrogen-bond acceptors (Lipinski definition) is 1. The third kappa shape index (κ3) is 12.0. The van der Waals surface area contributed by atoms with E-state index in [2.05, 4.69) is 13.8 Å². The Balaban J connectivity index is 0.000000281. The maximum Gasteiger partial charge on any atom is 0.00388 e. The van der Waals surface area contributed by atoms with E-state index in [1.807, 2.05) is 0 Å². The fourth-order valence-electron chi connectivity index (χ4n) is 2.16. The summed E-state index contributed by atoms with van der Waals surface area (Å²) < 4.78 is 0. The first kappa shape index (κ1) is 16.0. The van der Waals surface area contributed by atoms with Crippen LogP contribution < -0.4 is 5.73 Å². The van der Waals surface area contributed by atoms with Crippen molar-refractivity contribution in [3.8, 4) is 0 Å². The summed E-state index contributed by atoms with van der Waals surface area (Å²) in [4.78, 5) is 0. The van der Waals surface area contributed by atoms with E-state index >= 15 is 0 Å². The molecular formula is C15H33N. The second-order valence-corrected chi connectivity index (χ2v) is 5.17. The highest BCUT2D eigenvalue weighted by Gasteiger charge is 2.05. The van der Waals surface area contributed by atoms with E-state index in [-0.39, 0.29) is 0 Å². The Kier molecular flexibility index (Phi) is 13.0. The van der Waals surface area contributed by atoms with Gasteiger partial charge in [-0.05, 0) is 12.8 Å². The van der Waals surface area contributed by atoms with E-state index in [1.54, 1.807) is 0 Å². The standard InChI is InChI=1S/C8H18.C7H15N/c1-3-5-7-8-6-4-2;8-7-5-3-1-2-4-6-7/h3-8H2,1-2H3;7H,1-6,8H2. The smallest absolute Gasteiger partial charge is 0.00388 e. The molecule has 1 heteroatoms. The van der Waals surface area contributed by atoms with Crippen molar-refractivity contribution in [3.63, 3.8) is 0 Å². The molecule has 2 N–H and O–H groups in total. The van der Waals surface area contributed by atoms with Crippen LogP contribution in [0.25, 0.3) is 0 Å². The lowest BCUT2D eigenvalue weighted by Crippen LogP contribution is -2.17. The van der Waals surface area contributed by atoms with Crippen molar-refractivity contribution in [1.82, 2.24) is 0 Å². The number of hydrogen-bond donors (Lipinski definition) is 1. The van der Waals surface area contributed by atoms with Crippen molar-refractivity contribution in [2.45, 2.75) is 96.9 Å². The molecule has 0 bridgehead atoms. The molecule has 1 saturated carbocycles. The third-order valence-electron chi connectivity index (χ3n) is 3.36. The van der Waals surface area contributed by atoms with Crippen molar-refractivity contribution < 1.29 is 0 Å². The van der Waals surface area contributed by atoms with E-state index in [4.69, 9.17) is 5.73 Å². The van der Waals surface area contributed by atoms with Crippen molar-refractivity contribution in [2.75, 3.05) is 0 Å². The van der Waals surface area contributed by atoms with Crippen molar-refractivity contribution in [1.29, 1.82) is 0 Å².